The molecule has 0 saturated carbocycles. The quantitative estimate of drug-likeness (QED) is 0.421. The minimum Gasteiger partial charge on any atom is -0.486 e. The summed E-state index contributed by atoms with van der Waals surface area (Å²) >= 11 is 2.24. The van der Waals surface area contributed by atoms with Crippen LogP contribution in [0.15, 0.2) is 59.3 Å². The minimum atomic E-state index is -0.221. The second kappa shape index (κ2) is 8.70. The molecule has 0 radical (unpaired) electrons. The first-order valence-electron chi connectivity index (χ1n) is 7.93. The van der Waals surface area contributed by atoms with Crippen LogP contribution in [-0.2, 0) is 13.2 Å². The molecule has 1 amide bonds. The van der Waals surface area contributed by atoms with Crippen LogP contribution in [0, 0.1) is 3.57 Å². The van der Waals surface area contributed by atoms with Crippen molar-refractivity contribution < 1.29 is 13.9 Å². The average molecular weight is 451 g/mol. The van der Waals surface area contributed by atoms with E-state index in [1.165, 1.54) is 0 Å². The number of aryl methyl sites for hydroxylation is 1. The fourth-order valence-electron chi connectivity index (χ4n) is 2.23. The van der Waals surface area contributed by atoms with Crippen LogP contribution in [0.2, 0.25) is 0 Å². The maximum absolute atomic E-state index is 12.1. The second-order valence-corrected chi connectivity index (χ2v) is 6.63. The van der Waals surface area contributed by atoms with Crippen molar-refractivity contribution in [2.24, 2.45) is 0 Å². The zero-order valence-electron chi connectivity index (χ0n) is 13.5. The molecule has 1 N–H and O–H groups in total. The number of carbonyl (C=O) groups is 1. The smallest absolute Gasteiger partial charge is 0.286 e. The van der Waals surface area contributed by atoms with Gasteiger partial charge in [-0.2, -0.15) is 5.10 Å². The first kappa shape index (κ1) is 17.5. The Labute approximate surface area is 159 Å². The summed E-state index contributed by atoms with van der Waals surface area (Å²) in [7, 11) is 0. The highest BCUT2D eigenvalue weighted by Gasteiger charge is 2.11. The summed E-state index contributed by atoms with van der Waals surface area (Å²) in [4.78, 5) is 12.1. The summed E-state index contributed by atoms with van der Waals surface area (Å²) < 4.78 is 14.2. The van der Waals surface area contributed by atoms with E-state index >= 15 is 0 Å². The predicted octanol–water partition coefficient (Wildman–Crippen LogP) is 3.48. The molecular formula is C18H18IN3O3. The number of rotatable bonds is 8. The van der Waals surface area contributed by atoms with Crippen LogP contribution in [0.4, 0.5) is 0 Å². The molecule has 6 nitrogen and oxygen atoms in total. The van der Waals surface area contributed by atoms with Crippen molar-refractivity contribution in [3.8, 4) is 5.75 Å². The molecule has 2 heterocycles. The van der Waals surface area contributed by atoms with Crippen LogP contribution < -0.4 is 10.1 Å². The van der Waals surface area contributed by atoms with E-state index in [0.717, 1.165) is 22.3 Å². The Balaban J connectivity index is 1.42. The highest BCUT2D eigenvalue weighted by Crippen LogP contribution is 2.16. The zero-order valence-corrected chi connectivity index (χ0v) is 15.7. The number of nitrogens with one attached hydrogen (secondary N) is 1. The Morgan fingerprint density at radius 2 is 2.08 bits per heavy atom. The molecular weight excluding hydrogens is 433 g/mol. The van der Waals surface area contributed by atoms with Crippen molar-refractivity contribution in [2.45, 2.75) is 19.6 Å². The number of nitrogens with zero attached hydrogens (tertiary/aromatic N) is 2. The van der Waals surface area contributed by atoms with Gasteiger partial charge in [0.1, 0.15) is 18.1 Å². The first-order valence-corrected chi connectivity index (χ1v) is 9.01. The van der Waals surface area contributed by atoms with E-state index in [1.54, 1.807) is 18.3 Å². The molecule has 1 aromatic carbocycles. The lowest BCUT2D eigenvalue weighted by atomic mass is 10.3. The van der Waals surface area contributed by atoms with Crippen LogP contribution in [-0.4, -0.2) is 22.2 Å². The molecule has 0 unspecified atom stereocenters. The highest BCUT2D eigenvalue weighted by molar-refractivity contribution is 14.1. The number of benzene rings is 1. The lowest BCUT2D eigenvalue weighted by Gasteiger charge is -2.05. The average Bonchev–Trinajstić information content (AvgIpc) is 3.30. The van der Waals surface area contributed by atoms with Crippen LogP contribution in [0.5, 0.6) is 5.75 Å². The first-order chi connectivity index (χ1) is 12.2. The molecule has 25 heavy (non-hydrogen) atoms. The number of furan rings is 1. The molecule has 0 saturated heterocycles. The van der Waals surface area contributed by atoms with Crippen molar-refractivity contribution in [3.63, 3.8) is 0 Å². The molecule has 130 valence electrons. The largest absolute Gasteiger partial charge is 0.486 e. The number of halogens is 1. The van der Waals surface area contributed by atoms with Gasteiger partial charge in [-0.05, 0) is 71.5 Å². The highest BCUT2D eigenvalue weighted by atomic mass is 127. The van der Waals surface area contributed by atoms with Gasteiger partial charge in [0.05, 0.1) is 0 Å². The molecule has 2 aromatic heterocycles. The third-order valence-electron chi connectivity index (χ3n) is 3.49. The number of aromatic nitrogens is 2. The van der Waals surface area contributed by atoms with E-state index < -0.39 is 0 Å². The van der Waals surface area contributed by atoms with Gasteiger partial charge in [0, 0.05) is 29.1 Å². The maximum atomic E-state index is 12.1. The lowest BCUT2D eigenvalue weighted by molar-refractivity contribution is 0.0921. The molecule has 0 fully saturated rings. The normalized spacial score (nSPS) is 10.6. The lowest BCUT2D eigenvalue weighted by Crippen LogP contribution is -2.24. The summed E-state index contributed by atoms with van der Waals surface area (Å²) in [6.07, 6.45) is 4.44. The zero-order chi connectivity index (χ0) is 17.5. The minimum absolute atomic E-state index is 0.221. The second-order valence-electron chi connectivity index (χ2n) is 5.39. The molecule has 3 rings (SSSR count). The Morgan fingerprint density at radius 3 is 2.84 bits per heavy atom. The topological polar surface area (TPSA) is 69.3 Å². The van der Waals surface area contributed by atoms with E-state index in [2.05, 4.69) is 33.0 Å². The Hall–Kier alpha value is -2.29. The standard InChI is InChI=1S/C18H18IN3O3/c19-14-3-5-15(6-4-14)24-13-16-7-8-17(25-16)18(23)20-9-1-11-22-12-2-10-21-22/h2-8,10,12H,1,9,11,13H2,(H,20,23). The third kappa shape index (κ3) is 5.35. The van der Waals surface area contributed by atoms with Crippen LogP contribution in [0.3, 0.4) is 0 Å². The third-order valence-corrected chi connectivity index (χ3v) is 4.21. The molecule has 0 aliphatic heterocycles. The van der Waals surface area contributed by atoms with Gasteiger partial charge in [0.25, 0.3) is 5.91 Å². The molecule has 7 heteroatoms. The predicted molar refractivity (Wildman–Crippen MR) is 101 cm³/mol. The number of carbonyl (C=O) groups excluding carboxylic acids is 1. The van der Waals surface area contributed by atoms with E-state index in [4.69, 9.17) is 9.15 Å². The van der Waals surface area contributed by atoms with Crippen LogP contribution >= 0.6 is 22.6 Å². The molecule has 0 atom stereocenters. The SMILES string of the molecule is O=C(NCCCn1cccn1)c1ccc(COc2ccc(I)cc2)o1. The van der Waals surface area contributed by atoms with Crippen molar-refractivity contribution in [3.05, 3.63) is 69.9 Å². The maximum Gasteiger partial charge on any atom is 0.286 e. The Bertz CT molecular complexity index is 797. The number of ether oxygens (including phenoxy) is 1. The van der Waals surface area contributed by atoms with E-state index in [-0.39, 0.29) is 12.5 Å². The van der Waals surface area contributed by atoms with Crippen LogP contribution in [0.1, 0.15) is 22.7 Å². The summed E-state index contributed by atoms with van der Waals surface area (Å²) in [5.74, 6) is 1.45. The van der Waals surface area contributed by atoms with Gasteiger partial charge in [0.15, 0.2) is 5.76 Å². The van der Waals surface area contributed by atoms with Gasteiger partial charge in [-0.15, -0.1) is 0 Å². The van der Waals surface area contributed by atoms with Gasteiger partial charge in [-0.25, -0.2) is 0 Å². The Kier molecular flexibility index (Phi) is 6.10. The molecule has 0 spiro atoms. The van der Waals surface area contributed by atoms with Crippen molar-refractivity contribution >= 4 is 28.5 Å². The van der Waals surface area contributed by atoms with Crippen LogP contribution in [0.25, 0.3) is 0 Å². The molecule has 0 aliphatic carbocycles. The van der Waals surface area contributed by atoms with Crippen molar-refractivity contribution in [1.82, 2.24) is 15.1 Å². The molecule has 0 bridgehead atoms. The van der Waals surface area contributed by atoms with Gasteiger partial charge in [0.2, 0.25) is 0 Å². The fourth-order valence-corrected chi connectivity index (χ4v) is 2.59. The molecule has 0 aliphatic rings. The number of amides is 1. The van der Waals surface area contributed by atoms with Crippen molar-refractivity contribution in [1.29, 1.82) is 0 Å². The Morgan fingerprint density at radius 1 is 1.24 bits per heavy atom. The van der Waals surface area contributed by atoms with Gasteiger partial charge < -0.3 is 14.5 Å². The molecule has 3 aromatic rings. The summed E-state index contributed by atoms with van der Waals surface area (Å²) in [5, 5.41) is 6.96. The summed E-state index contributed by atoms with van der Waals surface area (Å²) in [5.41, 5.74) is 0. The summed E-state index contributed by atoms with van der Waals surface area (Å²) in [6.45, 7) is 1.61. The van der Waals surface area contributed by atoms with Gasteiger partial charge >= 0.3 is 0 Å². The monoisotopic (exact) mass is 451 g/mol. The number of hydrogen-bond acceptors (Lipinski definition) is 4. The van der Waals surface area contributed by atoms with E-state index in [0.29, 0.717) is 18.1 Å². The fraction of sp³-hybridized carbons (Fsp3) is 0.222. The van der Waals surface area contributed by atoms with E-state index in [9.17, 15) is 4.79 Å². The number of hydrogen-bond donors (Lipinski definition) is 1. The van der Waals surface area contributed by atoms with Crippen molar-refractivity contribution in [2.75, 3.05) is 6.54 Å². The van der Waals surface area contributed by atoms with E-state index in [1.807, 2.05) is 41.2 Å². The summed E-state index contributed by atoms with van der Waals surface area (Å²) in [6, 6.07) is 13.0. The van der Waals surface area contributed by atoms with Gasteiger partial charge in [-0.3, -0.25) is 9.48 Å². The van der Waals surface area contributed by atoms with Gasteiger partial charge in [-0.1, -0.05) is 0 Å².